The smallest absolute Gasteiger partial charge is 0.181 e. The van der Waals surface area contributed by atoms with Crippen LogP contribution >= 0.6 is 0 Å². The first-order valence-corrected chi connectivity index (χ1v) is 6.61. The van der Waals surface area contributed by atoms with Crippen LogP contribution < -0.4 is 5.32 Å². The zero-order valence-electron chi connectivity index (χ0n) is 10.7. The van der Waals surface area contributed by atoms with Gasteiger partial charge < -0.3 is 5.32 Å². The largest absolute Gasteiger partial charge is 0.376 e. The third-order valence-corrected chi connectivity index (χ3v) is 3.59. The van der Waals surface area contributed by atoms with Gasteiger partial charge in [0.15, 0.2) is 11.6 Å². The Morgan fingerprint density at radius 3 is 2.30 bits per heavy atom. The van der Waals surface area contributed by atoms with Crippen molar-refractivity contribution in [3.05, 3.63) is 65.5 Å². The Kier molecular flexibility index (Phi) is 3.38. The predicted octanol–water partition coefficient (Wildman–Crippen LogP) is 4.67. The van der Waals surface area contributed by atoms with Gasteiger partial charge >= 0.3 is 0 Å². The summed E-state index contributed by atoms with van der Waals surface area (Å²) < 4.78 is 39.9. The number of rotatable bonds is 4. The van der Waals surface area contributed by atoms with Gasteiger partial charge in [0.2, 0.25) is 0 Å². The highest BCUT2D eigenvalue weighted by Gasteiger charge is 2.32. The second kappa shape index (κ2) is 5.19. The van der Waals surface area contributed by atoms with E-state index in [0.717, 1.165) is 24.5 Å². The summed E-state index contributed by atoms with van der Waals surface area (Å²) in [5.74, 6) is -1.67. The first-order valence-electron chi connectivity index (χ1n) is 6.61. The van der Waals surface area contributed by atoms with Crippen molar-refractivity contribution >= 4 is 5.69 Å². The van der Waals surface area contributed by atoms with E-state index in [2.05, 4.69) is 5.32 Å². The molecule has 1 unspecified atom stereocenters. The minimum atomic E-state index is -0.875. The molecule has 0 bridgehead atoms. The molecule has 1 aliphatic rings. The Bertz CT molecular complexity index is 606. The molecule has 4 heteroatoms. The fourth-order valence-corrected chi connectivity index (χ4v) is 2.36. The van der Waals surface area contributed by atoms with Crippen LogP contribution in [0.2, 0.25) is 0 Å². The van der Waals surface area contributed by atoms with E-state index in [1.807, 2.05) is 0 Å². The second-order valence-electron chi connectivity index (χ2n) is 5.11. The molecule has 0 aromatic heterocycles. The summed E-state index contributed by atoms with van der Waals surface area (Å²) in [4.78, 5) is 0. The van der Waals surface area contributed by atoms with E-state index in [0.29, 0.717) is 5.92 Å². The monoisotopic (exact) mass is 277 g/mol. The number of hydrogen-bond acceptors (Lipinski definition) is 1. The lowest BCUT2D eigenvalue weighted by molar-refractivity contribution is 0.508. The summed E-state index contributed by atoms with van der Waals surface area (Å²) in [5.41, 5.74) is 1.03. The van der Waals surface area contributed by atoms with E-state index in [-0.39, 0.29) is 17.5 Å². The topological polar surface area (TPSA) is 12.0 Å². The predicted molar refractivity (Wildman–Crippen MR) is 71.8 cm³/mol. The van der Waals surface area contributed by atoms with Crippen LogP contribution in [0.5, 0.6) is 0 Å². The Balaban J connectivity index is 1.88. The lowest BCUT2D eigenvalue weighted by Crippen LogP contribution is -2.14. The highest BCUT2D eigenvalue weighted by Crippen LogP contribution is 2.43. The minimum absolute atomic E-state index is 0.119. The van der Waals surface area contributed by atoms with Gasteiger partial charge in [0.25, 0.3) is 0 Å². The van der Waals surface area contributed by atoms with Gasteiger partial charge in [-0.05, 0) is 48.6 Å². The first-order chi connectivity index (χ1) is 9.65. The molecule has 0 spiro atoms. The van der Waals surface area contributed by atoms with Crippen LogP contribution in [0.3, 0.4) is 0 Å². The maximum absolute atomic E-state index is 13.7. The zero-order chi connectivity index (χ0) is 14.1. The average Bonchev–Trinajstić information content (AvgIpc) is 3.26. The maximum atomic E-state index is 13.7. The molecule has 1 atom stereocenters. The molecule has 1 aliphatic carbocycles. The number of benzene rings is 2. The molecule has 1 fully saturated rings. The van der Waals surface area contributed by atoms with Crippen molar-refractivity contribution in [2.45, 2.75) is 18.9 Å². The second-order valence-corrected chi connectivity index (χ2v) is 5.11. The van der Waals surface area contributed by atoms with E-state index < -0.39 is 11.6 Å². The third kappa shape index (κ3) is 2.64. The molecule has 1 nitrogen and oxygen atoms in total. The summed E-state index contributed by atoms with van der Waals surface area (Å²) in [7, 11) is 0. The van der Waals surface area contributed by atoms with Gasteiger partial charge in [0.05, 0.1) is 11.7 Å². The Hall–Kier alpha value is -1.97. The standard InChI is InChI=1S/C16H14F3N/c17-12-8-6-11(7-9-12)16(10-4-5-10)20-14-3-1-2-13(18)15(14)19/h1-3,6-10,16,20H,4-5H2. The number of halogens is 3. The van der Waals surface area contributed by atoms with Crippen molar-refractivity contribution < 1.29 is 13.2 Å². The van der Waals surface area contributed by atoms with Gasteiger partial charge in [-0.25, -0.2) is 13.2 Å². The Morgan fingerprint density at radius 2 is 1.65 bits per heavy atom. The van der Waals surface area contributed by atoms with Crippen molar-refractivity contribution in [3.63, 3.8) is 0 Å². The lowest BCUT2D eigenvalue weighted by atomic mass is 10.0. The van der Waals surface area contributed by atoms with Crippen LogP contribution in [0.1, 0.15) is 24.4 Å². The molecule has 0 saturated heterocycles. The van der Waals surface area contributed by atoms with Gasteiger partial charge in [0.1, 0.15) is 5.82 Å². The molecule has 0 heterocycles. The zero-order valence-corrected chi connectivity index (χ0v) is 10.7. The molecule has 104 valence electrons. The molecule has 0 amide bonds. The summed E-state index contributed by atoms with van der Waals surface area (Å²) in [6.07, 6.45) is 2.07. The molecule has 20 heavy (non-hydrogen) atoms. The van der Waals surface area contributed by atoms with Crippen LogP contribution in [-0.2, 0) is 0 Å². The van der Waals surface area contributed by atoms with Gasteiger partial charge in [0, 0.05) is 0 Å². The molecule has 2 aromatic rings. The quantitative estimate of drug-likeness (QED) is 0.856. The fourth-order valence-electron chi connectivity index (χ4n) is 2.36. The van der Waals surface area contributed by atoms with Crippen LogP contribution in [0.15, 0.2) is 42.5 Å². The molecule has 1 N–H and O–H groups in total. The molecule has 1 saturated carbocycles. The molecule has 2 aromatic carbocycles. The maximum Gasteiger partial charge on any atom is 0.181 e. The van der Waals surface area contributed by atoms with Gasteiger partial charge in [-0.15, -0.1) is 0 Å². The molecular weight excluding hydrogens is 263 g/mol. The molecular formula is C16H14F3N. The van der Waals surface area contributed by atoms with Crippen LogP contribution in [0.4, 0.5) is 18.9 Å². The minimum Gasteiger partial charge on any atom is -0.376 e. The van der Waals surface area contributed by atoms with Crippen LogP contribution in [0, 0.1) is 23.4 Å². The van der Waals surface area contributed by atoms with Crippen LogP contribution in [-0.4, -0.2) is 0 Å². The van der Waals surface area contributed by atoms with Crippen molar-refractivity contribution in [2.24, 2.45) is 5.92 Å². The van der Waals surface area contributed by atoms with E-state index in [1.165, 1.54) is 24.3 Å². The molecule has 0 radical (unpaired) electrons. The molecule has 0 aliphatic heterocycles. The Labute approximate surface area is 115 Å². The first kappa shape index (κ1) is 13.0. The van der Waals surface area contributed by atoms with Crippen molar-refractivity contribution in [1.29, 1.82) is 0 Å². The van der Waals surface area contributed by atoms with Crippen molar-refractivity contribution in [1.82, 2.24) is 0 Å². The lowest BCUT2D eigenvalue weighted by Gasteiger charge is -2.20. The number of anilines is 1. The summed E-state index contributed by atoms with van der Waals surface area (Å²) in [6.45, 7) is 0. The normalized spacial score (nSPS) is 15.9. The summed E-state index contributed by atoms with van der Waals surface area (Å²) in [5, 5.41) is 3.05. The highest BCUT2D eigenvalue weighted by molar-refractivity contribution is 5.48. The number of hydrogen-bond donors (Lipinski definition) is 1. The average molecular weight is 277 g/mol. The van der Waals surface area contributed by atoms with Gasteiger partial charge in [-0.2, -0.15) is 0 Å². The number of nitrogens with one attached hydrogen (secondary N) is 1. The SMILES string of the molecule is Fc1ccc(C(Nc2cccc(F)c2F)C2CC2)cc1. The van der Waals surface area contributed by atoms with Crippen molar-refractivity contribution in [3.8, 4) is 0 Å². The van der Waals surface area contributed by atoms with E-state index in [4.69, 9.17) is 0 Å². The fraction of sp³-hybridized carbons (Fsp3) is 0.250. The van der Waals surface area contributed by atoms with Gasteiger partial charge in [-0.1, -0.05) is 18.2 Å². The van der Waals surface area contributed by atoms with Crippen LogP contribution in [0.25, 0.3) is 0 Å². The summed E-state index contributed by atoms with van der Waals surface area (Å²) in [6, 6.07) is 10.1. The highest BCUT2D eigenvalue weighted by atomic mass is 19.2. The molecule has 3 rings (SSSR count). The third-order valence-electron chi connectivity index (χ3n) is 3.59. The van der Waals surface area contributed by atoms with Crippen molar-refractivity contribution in [2.75, 3.05) is 5.32 Å². The van der Waals surface area contributed by atoms with E-state index in [9.17, 15) is 13.2 Å². The summed E-state index contributed by atoms with van der Waals surface area (Å²) >= 11 is 0. The van der Waals surface area contributed by atoms with Gasteiger partial charge in [-0.3, -0.25) is 0 Å². The van der Waals surface area contributed by atoms with E-state index in [1.54, 1.807) is 12.1 Å². The Morgan fingerprint density at radius 1 is 0.950 bits per heavy atom. The van der Waals surface area contributed by atoms with E-state index >= 15 is 0 Å².